The summed E-state index contributed by atoms with van der Waals surface area (Å²) < 4.78 is 0. The highest BCUT2D eigenvalue weighted by Gasteiger charge is 1.93. The molecule has 1 rings (SSSR count). The first kappa shape index (κ1) is 9.71. The quantitative estimate of drug-likeness (QED) is 0.716. The number of aryl methyl sites for hydroxylation is 1. The van der Waals surface area contributed by atoms with Crippen molar-refractivity contribution in [3.63, 3.8) is 0 Å². The van der Waals surface area contributed by atoms with E-state index >= 15 is 0 Å². The highest BCUT2D eigenvalue weighted by atomic mass is 15.2. The molecule has 1 N–H and O–H groups in total. The van der Waals surface area contributed by atoms with Gasteiger partial charge in [0.15, 0.2) is 0 Å². The van der Waals surface area contributed by atoms with Crippen molar-refractivity contribution in [3.8, 4) is 0 Å². The van der Waals surface area contributed by atoms with Gasteiger partial charge < -0.3 is 5.32 Å². The fraction of sp³-hybridized carbons (Fsp3) is 0.400. The Labute approximate surface area is 78.9 Å². The van der Waals surface area contributed by atoms with Gasteiger partial charge in [0, 0.05) is 6.54 Å². The second-order valence-corrected chi connectivity index (χ2v) is 3.25. The lowest BCUT2D eigenvalue weighted by atomic mass is 10.2. The minimum absolute atomic E-state index is 0.834. The van der Waals surface area contributed by atoms with Gasteiger partial charge in [-0.1, -0.05) is 5.57 Å². The van der Waals surface area contributed by atoms with Crippen LogP contribution in [0.15, 0.2) is 24.4 Å². The Morgan fingerprint density at radius 1 is 1.62 bits per heavy atom. The summed E-state index contributed by atoms with van der Waals surface area (Å²) in [5.74, 6) is 0.834. The summed E-state index contributed by atoms with van der Waals surface area (Å²) in [5, 5.41) is 11.0. The lowest BCUT2D eigenvalue weighted by molar-refractivity contribution is 0.953. The molecule has 1 heterocycles. The van der Waals surface area contributed by atoms with Crippen LogP contribution in [0.1, 0.15) is 18.9 Å². The van der Waals surface area contributed by atoms with Crippen LogP contribution < -0.4 is 5.32 Å². The van der Waals surface area contributed by atoms with Crippen LogP contribution >= 0.6 is 0 Å². The minimum atomic E-state index is 0.834. The summed E-state index contributed by atoms with van der Waals surface area (Å²) in [6.07, 6.45) is 2.71. The molecular formula is C10H15N3. The Morgan fingerprint density at radius 3 is 3.00 bits per heavy atom. The Morgan fingerprint density at radius 2 is 2.38 bits per heavy atom. The normalized spacial score (nSPS) is 9.69. The molecular weight excluding hydrogens is 162 g/mol. The van der Waals surface area contributed by atoms with Crippen molar-refractivity contribution < 1.29 is 0 Å². The molecule has 0 fully saturated rings. The predicted molar refractivity (Wildman–Crippen MR) is 54.7 cm³/mol. The van der Waals surface area contributed by atoms with Gasteiger partial charge >= 0.3 is 0 Å². The summed E-state index contributed by atoms with van der Waals surface area (Å²) >= 11 is 0. The molecule has 0 aromatic carbocycles. The van der Waals surface area contributed by atoms with E-state index in [1.165, 1.54) is 5.57 Å². The first-order valence-corrected chi connectivity index (χ1v) is 4.36. The number of aromatic nitrogens is 2. The molecule has 0 unspecified atom stereocenters. The van der Waals surface area contributed by atoms with E-state index in [9.17, 15) is 0 Å². The lowest BCUT2D eigenvalue weighted by Gasteiger charge is -2.04. The van der Waals surface area contributed by atoms with Gasteiger partial charge in [-0.25, -0.2) is 0 Å². The van der Waals surface area contributed by atoms with Crippen molar-refractivity contribution in [2.24, 2.45) is 0 Å². The van der Waals surface area contributed by atoms with Gasteiger partial charge in [-0.05, 0) is 31.9 Å². The van der Waals surface area contributed by atoms with E-state index in [4.69, 9.17) is 0 Å². The average molecular weight is 177 g/mol. The molecule has 13 heavy (non-hydrogen) atoms. The maximum absolute atomic E-state index is 3.95. The van der Waals surface area contributed by atoms with E-state index in [1.54, 1.807) is 6.20 Å². The average Bonchev–Trinajstić information content (AvgIpc) is 2.03. The molecule has 0 saturated heterocycles. The molecule has 3 nitrogen and oxygen atoms in total. The number of hydrogen-bond donors (Lipinski definition) is 1. The topological polar surface area (TPSA) is 37.8 Å². The van der Waals surface area contributed by atoms with Gasteiger partial charge in [-0.3, -0.25) is 0 Å². The highest BCUT2D eigenvalue weighted by Crippen LogP contribution is 2.04. The van der Waals surface area contributed by atoms with E-state index in [0.717, 1.165) is 24.3 Å². The summed E-state index contributed by atoms with van der Waals surface area (Å²) in [6.45, 7) is 8.71. The molecule has 0 radical (unpaired) electrons. The number of nitrogens with one attached hydrogen (secondary N) is 1. The summed E-state index contributed by atoms with van der Waals surface area (Å²) in [4.78, 5) is 0. The van der Waals surface area contributed by atoms with Crippen molar-refractivity contribution in [1.82, 2.24) is 10.2 Å². The molecule has 0 aliphatic carbocycles. The van der Waals surface area contributed by atoms with Crippen molar-refractivity contribution in [1.29, 1.82) is 0 Å². The molecule has 3 heteroatoms. The number of nitrogens with zero attached hydrogens (tertiary/aromatic N) is 2. The maximum Gasteiger partial charge on any atom is 0.148 e. The van der Waals surface area contributed by atoms with Gasteiger partial charge in [-0.2, -0.15) is 5.10 Å². The zero-order chi connectivity index (χ0) is 9.68. The van der Waals surface area contributed by atoms with Crippen LogP contribution in [0.2, 0.25) is 0 Å². The summed E-state index contributed by atoms with van der Waals surface area (Å²) in [6, 6.07) is 1.98. The molecule has 70 valence electrons. The van der Waals surface area contributed by atoms with Gasteiger partial charge in [0.25, 0.3) is 0 Å². The summed E-state index contributed by atoms with van der Waals surface area (Å²) in [5.41, 5.74) is 2.29. The molecule has 0 atom stereocenters. The number of anilines is 1. The van der Waals surface area contributed by atoms with E-state index in [2.05, 4.69) is 22.1 Å². The standard InChI is InChI=1S/C10H15N3/c1-8(2)4-5-11-10-6-9(3)7-12-13-10/h6-7H,1,4-5H2,2-3H3,(H,11,13). The molecule has 0 aliphatic heterocycles. The molecule has 0 spiro atoms. The predicted octanol–water partition coefficient (Wildman–Crippen LogP) is 2.16. The second kappa shape index (κ2) is 4.60. The van der Waals surface area contributed by atoms with Crippen molar-refractivity contribution in [2.75, 3.05) is 11.9 Å². The smallest absolute Gasteiger partial charge is 0.148 e. The molecule has 0 bridgehead atoms. The van der Waals surface area contributed by atoms with Crippen LogP contribution in [0, 0.1) is 6.92 Å². The minimum Gasteiger partial charge on any atom is -0.368 e. The third kappa shape index (κ3) is 3.69. The third-order valence-electron chi connectivity index (χ3n) is 1.65. The second-order valence-electron chi connectivity index (χ2n) is 3.25. The van der Waals surface area contributed by atoms with Crippen LogP contribution in [0.4, 0.5) is 5.82 Å². The van der Waals surface area contributed by atoms with Crippen LogP contribution in [-0.4, -0.2) is 16.7 Å². The molecule has 0 aliphatic rings. The molecule has 0 amide bonds. The SMILES string of the molecule is C=C(C)CCNc1cc(C)cnn1. The van der Waals surface area contributed by atoms with Crippen LogP contribution in [0.25, 0.3) is 0 Å². The highest BCUT2D eigenvalue weighted by molar-refractivity contribution is 5.34. The maximum atomic E-state index is 3.95. The van der Waals surface area contributed by atoms with Crippen molar-refractivity contribution in [3.05, 3.63) is 30.0 Å². The fourth-order valence-corrected chi connectivity index (χ4v) is 0.954. The zero-order valence-corrected chi connectivity index (χ0v) is 8.17. The Hall–Kier alpha value is -1.38. The Bertz CT molecular complexity index is 294. The van der Waals surface area contributed by atoms with Gasteiger partial charge in [0.1, 0.15) is 5.82 Å². The van der Waals surface area contributed by atoms with E-state index in [1.807, 2.05) is 19.9 Å². The largest absolute Gasteiger partial charge is 0.368 e. The first-order valence-electron chi connectivity index (χ1n) is 4.36. The monoisotopic (exact) mass is 177 g/mol. The van der Waals surface area contributed by atoms with Gasteiger partial charge in [0.2, 0.25) is 0 Å². The molecule has 1 aromatic heterocycles. The van der Waals surface area contributed by atoms with Gasteiger partial charge in [0.05, 0.1) is 6.20 Å². The Kier molecular flexibility index (Phi) is 3.43. The Balaban J connectivity index is 2.41. The fourth-order valence-electron chi connectivity index (χ4n) is 0.954. The van der Waals surface area contributed by atoms with E-state index < -0.39 is 0 Å². The van der Waals surface area contributed by atoms with E-state index in [-0.39, 0.29) is 0 Å². The molecule has 1 aromatic rings. The number of rotatable bonds is 4. The first-order chi connectivity index (χ1) is 6.18. The third-order valence-corrected chi connectivity index (χ3v) is 1.65. The summed E-state index contributed by atoms with van der Waals surface area (Å²) in [7, 11) is 0. The van der Waals surface area contributed by atoms with Crippen molar-refractivity contribution >= 4 is 5.82 Å². The van der Waals surface area contributed by atoms with Crippen LogP contribution in [0.5, 0.6) is 0 Å². The van der Waals surface area contributed by atoms with Gasteiger partial charge in [-0.15, -0.1) is 11.7 Å². The van der Waals surface area contributed by atoms with Crippen molar-refractivity contribution in [2.45, 2.75) is 20.3 Å². The number of hydrogen-bond acceptors (Lipinski definition) is 3. The molecule has 0 saturated carbocycles. The zero-order valence-electron chi connectivity index (χ0n) is 8.17. The van der Waals surface area contributed by atoms with Crippen LogP contribution in [0.3, 0.4) is 0 Å². The van der Waals surface area contributed by atoms with Crippen LogP contribution in [-0.2, 0) is 0 Å². The van der Waals surface area contributed by atoms with E-state index in [0.29, 0.717) is 0 Å². The lowest BCUT2D eigenvalue weighted by Crippen LogP contribution is -2.04.